The number of rotatable bonds is 8. The van der Waals surface area contributed by atoms with E-state index in [0.717, 1.165) is 18.7 Å². The maximum Gasteiger partial charge on any atom is 0.358 e. The first-order chi connectivity index (χ1) is 8.17. The molecule has 0 radical (unpaired) electrons. The number of nitrogens with zero attached hydrogens (tertiary/aromatic N) is 3. The molecule has 6 nitrogen and oxygen atoms in total. The summed E-state index contributed by atoms with van der Waals surface area (Å²) >= 11 is 1.81. The van der Waals surface area contributed by atoms with Crippen molar-refractivity contribution in [3.8, 4) is 0 Å². The van der Waals surface area contributed by atoms with Gasteiger partial charge in [0.1, 0.15) is 0 Å². The zero-order valence-electron chi connectivity index (χ0n) is 10.1. The molecule has 96 valence electrons. The second kappa shape index (κ2) is 7.29. The van der Waals surface area contributed by atoms with Crippen LogP contribution in [-0.2, 0) is 6.54 Å². The molecule has 1 rings (SSSR count). The predicted molar refractivity (Wildman–Crippen MR) is 67.4 cm³/mol. The fourth-order valence-electron chi connectivity index (χ4n) is 1.41. The van der Waals surface area contributed by atoms with Crippen molar-refractivity contribution < 1.29 is 9.90 Å². The quantitative estimate of drug-likeness (QED) is 0.715. The lowest BCUT2D eigenvalue weighted by atomic mass is 10.2. The van der Waals surface area contributed by atoms with Gasteiger partial charge in [-0.1, -0.05) is 12.1 Å². The molecule has 1 aromatic rings. The summed E-state index contributed by atoms with van der Waals surface area (Å²) in [5.74, 6) is 0.0341. The molecule has 0 amide bonds. The van der Waals surface area contributed by atoms with Crippen LogP contribution in [0.1, 0.15) is 23.8 Å². The van der Waals surface area contributed by atoms with Crippen LogP contribution in [0.4, 0.5) is 0 Å². The normalized spacial score (nSPS) is 12.6. The molecular weight excluding hydrogens is 240 g/mol. The molecule has 0 bridgehead atoms. The van der Waals surface area contributed by atoms with Gasteiger partial charge in [-0.25, -0.2) is 4.79 Å². The third-order valence-electron chi connectivity index (χ3n) is 2.39. The van der Waals surface area contributed by atoms with E-state index in [1.54, 1.807) is 4.68 Å². The number of carboxylic acid groups (broad SMARTS) is 1. The molecule has 0 aliphatic rings. The molecule has 0 aromatic carbocycles. The summed E-state index contributed by atoms with van der Waals surface area (Å²) in [6, 6.07) is 0.493. The second-order valence-electron chi connectivity index (χ2n) is 3.69. The highest BCUT2D eigenvalue weighted by molar-refractivity contribution is 7.98. The lowest BCUT2D eigenvalue weighted by molar-refractivity contribution is 0.0690. The van der Waals surface area contributed by atoms with Gasteiger partial charge in [0.25, 0.3) is 0 Å². The molecule has 17 heavy (non-hydrogen) atoms. The van der Waals surface area contributed by atoms with E-state index in [9.17, 15) is 4.79 Å². The summed E-state index contributed by atoms with van der Waals surface area (Å²) in [6.07, 6.45) is 4.61. The van der Waals surface area contributed by atoms with Crippen LogP contribution in [0, 0.1) is 0 Å². The van der Waals surface area contributed by atoms with E-state index in [4.69, 9.17) is 5.11 Å². The molecule has 7 heteroatoms. The van der Waals surface area contributed by atoms with Gasteiger partial charge in [-0.05, 0) is 12.7 Å². The summed E-state index contributed by atoms with van der Waals surface area (Å²) in [6.45, 7) is 3.54. The molecule has 0 saturated heterocycles. The van der Waals surface area contributed by atoms with Gasteiger partial charge < -0.3 is 10.4 Å². The van der Waals surface area contributed by atoms with Gasteiger partial charge in [-0.2, -0.15) is 11.8 Å². The van der Waals surface area contributed by atoms with Crippen LogP contribution in [0.25, 0.3) is 0 Å². The van der Waals surface area contributed by atoms with Gasteiger partial charge in [0.2, 0.25) is 0 Å². The fourth-order valence-corrected chi connectivity index (χ4v) is 2.17. The van der Waals surface area contributed by atoms with Crippen molar-refractivity contribution in [1.29, 1.82) is 0 Å². The maximum absolute atomic E-state index is 10.6. The zero-order valence-corrected chi connectivity index (χ0v) is 10.9. The molecule has 1 aromatic heterocycles. The molecule has 1 heterocycles. The van der Waals surface area contributed by atoms with E-state index in [-0.39, 0.29) is 5.69 Å². The first kappa shape index (κ1) is 14.0. The Balaban J connectivity index is 2.32. The molecule has 0 fully saturated rings. The lowest BCUT2D eigenvalue weighted by Crippen LogP contribution is -2.33. The van der Waals surface area contributed by atoms with Crippen molar-refractivity contribution in [3.63, 3.8) is 0 Å². The molecule has 0 spiro atoms. The predicted octanol–water partition coefficient (Wildman–Crippen LogP) is 0.708. The van der Waals surface area contributed by atoms with Crippen molar-refractivity contribution >= 4 is 17.7 Å². The highest BCUT2D eigenvalue weighted by Crippen LogP contribution is 2.00. The number of thioether (sulfide) groups is 1. The molecule has 2 N–H and O–H groups in total. The minimum atomic E-state index is -1.04. The molecule has 0 aliphatic carbocycles. The molecule has 0 saturated carbocycles. The number of hydrogen-bond donors (Lipinski definition) is 2. The fraction of sp³-hybridized carbons (Fsp3) is 0.700. The Morgan fingerprint density at radius 3 is 3.00 bits per heavy atom. The minimum Gasteiger partial charge on any atom is -0.476 e. The van der Waals surface area contributed by atoms with Gasteiger partial charge >= 0.3 is 5.97 Å². The van der Waals surface area contributed by atoms with Crippen molar-refractivity contribution in [2.75, 3.05) is 18.6 Å². The van der Waals surface area contributed by atoms with Gasteiger partial charge in [-0.3, -0.25) is 4.68 Å². The number of carbonyl (C=O) groups is 1. The van der Waals surface area contributed by atoms with Gasteiger partial charge in [0.15, 0.2) is 5.69 Å². The highest BCUT2D eigenvalue weighted by atomic mass is 32.2. The summed E-state index contributed by atoms with van der Waals surface area (Å²) in [5, 5.41) is 19.4. The third kappa shape index (κ3) is 4.74. The first-order valence-electron chi connectivity index (χ1n) is 5.53. The summed E-state index contributed by atoms with van der Waals surface area (Å²) in [7, 11) is 0. The van der Waals surface area contributed by atoms with E-state index in [2.05, 4.69) is 28.8 Å². The Kier molecular flexibility index (Phi) is 5.99. The number of hydrogen-bond acceptors (Lipinski definition) is 5. The third-order valence-corrected chi connectivity index (χ3v) is 3.13. The summed E-state index contributed by atoms with van der Waals surface area (Å²) in [4.78, 5) is 10.6. The number of aromatic carboxylic acids is 1. The van der Waals surface area contributed by atoms with Crippen molar-refractivity contribution in [2.45, 2.75) is 25.9 Å². The Morgan fingerprint density at radius 2 is 2.47 bits per heavy atom. The lowest BCUT2D eigenvalue weighted by Gasteiger charge is -2.15. The van der Waals surface area contributed by atoms with Crippen LogP contribution in [0.15, 0.2) is 6.20 Å². The van der Waals surface area contributed by atoms with Crippen LogP contribution < -0.4 is 5.32 Å². The zero-order chi connectivity index (χ0) is 12.7. The number of carboxylic acids is 1. The Morgan fingerprint density at radius 1 is 1.71 bits per heavy atom. The van der Waals surface area contributed by atoms with Crippen LogP contribution in [0.2, 0.25) is 0 Å². The van der Waals surface area contributed by atoms with Crippen LogP contribution in [0.3, 0.4) is 0 Å². The first-order valence-corrected chi connectivity index (χ1v) is 6.92. The van der Waals surface area contributed by atoms with Crippen molar-refractivity contribution in [2.24, 2.45) is 0 Å². The van der Waals surface area contributed by atoms with Gasteiger partial charge in [0, 0.05) is 18.3 Å². The molecular formula is C10H18N4O2S. The maximum atomic E-state index is 10.6. The highest BCUT2D eigenvalue weighted by Gasteiger charge is 2.08. The number of aromatic nitrogens is 3. The SMILES string of the molecule is CCC(CSC)NCCn1cc(C(=O)O)nn1. The topological polar surface area (TPSA) is 80.0 Å². The van der Waals surface area contributed by atoms with Crippen LogP contribution >= 0.6 is 11.8 Å². The van der Waals surface area contributed by atoms with Gasteiger partial charge in [0.05, 0.1) is 12.7 Å². The Bertz CT molecular complexity index is 356. The van der Waals surface area contributed by atoms with Gasteiger partial charge in [-0.15, -0.1) is 5.10 Å². The Hall–Kier alpha value is -1.08. The van der Waals surface area contributed by atoms with E-state index in [1.807, 2.05) is 11.8 Å². The van der Waals surface area contributed by atoms with E-state index >= 15 is 0 Å². The van der Waals surface area contributed by atoms with Crippen LogP contribution in [-0.4, -0.2) is 50.7 Å². The smallest absolute Gasteiger partial charge is 0.358 e. The molecule has 0 aliphatic heterocycles. The largest absolute Gasteiger partial charge is 0.476 e. The van der Waals surface area contributed by atoms with Crippen LogP contribution in [0.5, 0.6) is 0 Å². The monoisotopic (exact) mass is 258 g/mol. The summed E-state index contributed by atoms with van der Waals surface area (Å²) < 4.78 is 1.54. The molecule has 1 atom stereocenters. The standard InChI is InChI=1S/C10H18N4O2S/c1-3-8(7-17-2)11-4-5-14-6-9(10(15)16)12-13-14/h6,8,11H,3-5,7H2,1-2H3,(H,15,16). The van der Waals surface area contributed by atoms with E-state index < -0.39 is 5.97 Å². The second-order valence-corrected chi connectivity index (χ2v) is 4.60. The van der Waals surface area contributed by atoms with Crippen molar-refractivity contribution in [3.05, 3.63) is 11.9 Å². The average molecular weight is 258 g/mol. The summed E-state index contributed by atoms with van der Waals surface area (Å²) in [5.41, 5.74) is -0.0128. The molecule has 1 unspecified atom stereocenters. The van der Waals surface area contributed by atoms with E-state index in [0.29, 0.717) is 12.6 Å². The minimum absolute atomic E-state index is 0.0128. The number of nitrogens with one attached hydrogen (secondary N) is 1. The van der Waals surface area contributed by atoms with E-state index in [1.165, 1.54) is 6.20 Å². The average Bonchev–Trinajstić information content (AvgIpc) is 2.77. The Labute approximate surface area is 105 Å². The van der Waals surface area contributed by atoms with Crippen molar-refractivity contribution in [1.82, 2.24) is 20.3 Å².